The van der Waals surface area contributed by atoms with E-state index < -0.39 is 0 Å². The third kappa shape index (κ3) is 5.10. The van der Waals surface area contributed by atoms with Gasteiger partial charge in [-0.3, -0.25) is 14.2 Å². The lowest BCUT2D eigenvalue weighted by molar-refractivity contribution is -0.116. The number of rotatable bonds is 6. The van der Waals surface area contributed by atoms with Gasteiger partial charge < -0.3 is 10.6 Å². The average molecular weight is 390 g/mol. The first-order valence-corrected chi connectivity index (χ1v) is 9.67. The molecule has 6 heteroatoms. The summed E-state index contributed by atoms with van der Waals surface area (Å²) in [4.78, 5) is 29.7. The standard InChI is InChI=1S/C23H26N4O2/c1-5-18-8-6-7-9-20(18)26-21(28)14-27-22(29)13-17(4)24-23(27)25-19-11-15(2)10-16(3)12-19/h6-13H,5,14H2,1-4H3,(H,24,25)(H,26,28). The molecule has 0 saturated heterocycles. The molecule has 0 aliphatic carbocycles. The van der Waals surface area contributed by atoms with Crippen LogP contribution in [0.4, 0.5) is 17.3 Å². The van der Waals surface area contributed by atoms with E-state index in [0.29, 0.717) is 11.6 Å². The van der Waals surface area contributed by atoms with Crippen LogP contribution in [0.1, 0.15) is 29.3 Å². The molecule has 0 aliphatic rings. The first kappa shape index (κ1) is 20.3. The maximum absolute atomic E-state index is 12.7. The Balaban J connectivity index is 1.88. The predicted octanol–water partition coefficient (Wildman–Crippen LogP) is 4.11. The molecule has 1 amide bonds. The lowest BCUT2D eigenvalue weighted by atomic mass is 10.1. The maximum atomic E-state index is 12.7. The van der Waals surface area contributed by atoms with E-state index in [1.807, 2.05) is 57.2 Å². The number of amides is 1. The first-order chi connectivity index (χ1) is 13.9. The van der Waals surface area contributed by atoms with Gasteiger partial charge in [-0.1, -0.05) is 31.2 Å². The van der Waals surface area contributed by atoms with E-state index in [0.717, 1.165) is 34.5 Å². The highest BCUT2D eigenvalue weighted by atomic mass is 16.2. The quantitative estimate of drug-likeness (QED) is 0.664. The van der Waals surface area contributed by atoms with Gasteiger partial charge in [0.05, 0.1) is 0 Å². The van der Waals surface area contributed by atoms with Crippen molar-refractivity contribution in [2.45, 2.75) is 40.7 Å². The summed E-state index contributed by atoms with van der Waals surface area (Å²) in [6.45, 7) is 7.68. The highest BCUT2D eigenvalue weighted by Gasteiger charge is 2.13. The molecule has 3 aromatic rings. The van der Waals surface area contributed by atoms with Crippen LogP contribution in [-0.2, 0) is 17.8 Å². The summed E-state index contributed by atoms with van der Waals surface area (Å²) in [7, 11) is 0. The minimum absolute atomic E-state index is 0.128. The van der Waals surface area contributed by atoms with E-state index >= 15 is 0 Å². The fourth-order valence-electron chi connectivity index (χ4n) is 3.33. The minimum Gasteiger partial charge on any atom is -0.325 e. The number of anilines is 3. The van der Waals surface area contributed by atoms with Gasteiger partial charge >= 0.3 is 0 Å². The summed E-state index contributed by atoms with van der Waals surface area (Å²) in [5.41, 5.74) is 5.15. The molecule has 0 saturated carbocycles. The fraction of sp³-hybridized carbons (Fsp3) is 0.261. The first-order valence-electron chi connectivity index (χ1n) is 9.67. The van der Waals surface area contributed by atoms with E-state index in [1.54, 1.807) is 6.92 Å². The molecule has 2 N–H and O–H groups in total. The second kappa shape index (κ2) is 8.73. The van der Waals surface area contributed by atoms with Crippen LogP contribution in [0.15, 0.2) is 53.3 Å². The summed E-state index contributed by atoms with van der Waals surface area (Å²) in [6, 6.07) is 15.1. The van der Waals surface area contributed by atoms with Crippen molar-refractivity contribution >= 4 is 23.2 Å². The van der Waals surface area contributed by atoms with Crippen molar-refractivity contribution in [3.05, 3.63) is 81.3 Å². The number of benzene rings is 2. The monoisotopic (exact) mass is 390 g/mol. The molecule has 1 heterocycles. The Kier molecular flexibility index (Phi) is 6.12. The summed E-state index contributed by atoms with van der Waals surface area (Å²) in [5.74, 6) is 0.0704. The number of aryl methyl sites for hydroxylation is 4. The second-order valence-electron chi connectivity index (χ2n) is 7.21. The number of hydrogen-bond acceptors (Lipinski definition) is 4. The largest absolute Gasteiger partial charge is 0.325 e. The number of carbonyl (C=O) groups excluding carboxylic acids is 1. The normalized spacial score (nSPS) is 10.6. The third-order valence-electron chi connectivity index (χ3n) is 4.59. The van der Waals surface area contributed by atoms with Crippen LogP contribution in [0, 0.1) is 20.8 Å². The summed E-state index contributed by atoms with van der Waals surface area (Å²) < 4.78 is 1.36. The summed E-state index contributed by atoms with van der Waals surface area (Å²) >= 11 is 0. The van der Waals surface area contributed by atoms with Crippen LogP contribution in [0.3, 0.4) is 0 Å². The molecule has 0 bridgehead atoms. The Labute approximate surface area is 170 Å². The van der Waals surface area contributed by atoms with Crippen molar-refractivity contribution in [3.8, 4) is 0 Å². The number of nitrogens with zero attached hydrogens (tertiary/aromatic N) is 2. The molecular weight excluding hydrogens is 364 g/mol. The van der Waals surface area contributed by atoms with Gasteiger partial charge in [0.25, 0.3) is 5.56 Å². The second-order valence-corrected chi connectivity index (χ2v) is 7.21. The molecule has 0 unspecified atom stereocenters. The molecule has 6 nitrogen and oxygen atoms in total. The number of hydrogen-bond donors (Lipinski definition) is 2. The number of nitrogens with one attached hydrogen (secondary N) is 2. The van der Waals surface area contributed by atoms with Gasteiger partial charge in [-0.05, 0) is 62.1 Å². The molecule has 0 fully saturated rings. The number of carbonyl (C=O) groups is 1. The topological polar surface area (TPSA) is 76.0 Å². The van der Waals surface area contributed by atoms with Gasteiger partial charge in [-0.2, -0.15) is 0 Å². The van der Waals surface area contributed by atoms with Gasteiger partial charge in [-0.15, -0.1) is 0 Å². The highest BCUT2D eigenvalue weighted by molar-refractivity contribution is 5.91. The average Bonchev–Trinajstić information content (AvgIpc) is 2.64. The number of aromatic nitrogens is 2. The van der Waals surface area contributed by atoms with Crippen LogP contribution in [0.25, 0.3) is 0 Å². The molecule has 3 rings (SSSR count). The maximum Gasteiger partial charge on any atom is 0.255 e. The summed E-state index contributed by atoms with van der Waals surface area (Å²) in [5, 5.41) is 6.11. The minimum atomic E-state index is -0.276. The Morgan fingerprint density at radius 1 is 1.03 bits per heavy atom. The van der Waals surface area contributed by atoms with Gasteiger partial charge in [0.15, 0.2) is 0 Å². The van der Waals surface area contributed by atoms with Crippen LogP contribution >= 0.6 is 0 Å². The third-order valence-corrected chi connectivity index (χ3v) is 4.59. The van der Waals surface area contributed by atoms with E-state index in [9.17, 15) is 9.59 Å². The van der Waals surface area contributed by atoms with Gasteiger partial charge in [-0.25, -0.2) is 4.98 Å². The van der Waals surface area contributed by atoms with Gasteiger partial charge in [0.2, 0.25) is 11.9 Å². The molecule has 2 aromatic carbocycles. The van der Waals surface area contributed by atoms with Crippen molar-refractivity contribution in [3.63, 3.8) is 0 Å². The number of para-hydroxylation sites is 1. The molecule has 150 valence electrons. The molecule has 0 atom stereocenters. The molecule has 0 aliphatic heterocycles. The van der Waals surface area contributed by atoms with Crippen LogP contribution < -0.4 is 16.2 Å². The fourth-order valence-corrected chi connectivity index (χ4v) is 3.33. The zero-order valence-electron chi connectivity index (χ0n) is 17.2. The van der Waals surface area contributed by atoms with Crippen LogP contribution in [0.2, 0.25) is 0 Å². The van der Waals surface area contributed by atoms with E-state index in [2.05, 4.69) is 21.7 Å². The zero-order valence-corrected chi connectivity index (χ0v) is 17.2. The van der Waals surface area contributed by atoms with Crippen molar-refractivity contribution in [2.24, 2.45) is 0 Å². The molecule has 1 aromatic heterocycles. The van der Waals surface area contributed by atoms with Crippen molar-refractivity contribution in [1.82, 2.24) is 9.55 Å². The predicted molar refractivity (Wildman–Crippen MR) is 117 cm³/mol. The smallest absolute Gasteiger partial charge is 0.255 e. The van der Waals surface area contributed by atoms with Gasteiger partial charge in [0, 0.05) is 23.1 Å². The summed E-state index contributed by atoms with van der Waals surface area (Å²) in [6.07, 6.45) is 0.808. The Morgan fingerprint density at radius 2 is 1.72 bits per heavy atom. The Morgan fingerprint density at radius 3 is 2.41 bits per heavy atom. The van der Waals surface area contributed by atoms with E-state index in [-0.39, 0.29) is 18.0 Å². The zero-order chi connectivity index (χ0) is 21.0. The molecular formula is C23H26N4O2. The Bertz CT molecular complexity index is 1080. The molecule has 29 heavy (non-hydrogen) atoms. The highest BCUT2D eigenvalue weighted by Crippen LogP contribution is 2.19. The lowest BCUT2D eigenvalue weighted by Crippen LogP contribution is -2.30. The van der Waals surface area contributed by atoms with E-state index in [4.69, 9.17) is 0 Å². The Hall–Kier alpha value is -3.41. The van der Waals surface area contributed by atoms with Crippen molar-refractivity contribution < 1.29 is 4.79 Å². The van der Waals surface area contributed by atoms with E-state index in [1.165, 1.54) is 10.6 Å². The van der Waals surface area contributed by atoms with Gasteiger partial charge in [0.1, 0.15) is 6.54 Å². The van der Waals surface area contributed by atoms with Crippen molar-refractivity contribution in [2.75, 3.05) is 10.6 Å². The van der Waals surface area contributed by atoms with Crippen molar-refractivity contribution in [1.29, 1.82) is 0 Å². The van der Waals surface area contributed by atoms with Crippen LogP contribution in [-0.4, -0.2) is 15.5 Å². The SMILES string of the molecule is CCc1ccccc1NC(=O)Cn1c(Nc2cc(C)cc(C)c2)nc(C)cc1=O. The lowest BCUT2D eigenvalue weighted by Gasteiger charge is -2.15. The molecule has 0 spiro atoms. The molecule has 0 radical (unpaired) electrons. The van der Waals surface area contributed by atoms with Crippen LogP contribution in [0.5, 0.6) is 0 Å².